The summed E-state index contributed by atoms with van der Waals surface area (Å²) in [7, 11) is 1.67. The molecule has 5 heteroatoms. The van der Waals surface area contributed by atoms with Gasteiger partial charge in [0.1, 0.15) is 17.6 Å². The third kappa shape index (κ3) is 4.19. The van der Waals surface area contributed by atoms with Crippen LogP contribution in [0.25, 0.3) is 22.0 Å². The lowest BCUT2D eigenvalue weighted by Crippen LogP contribution is -2.41. The van der Waals surface area contributed by atoms with E-state index in [1.807, 2.05) is 54.4 Å². The first-order chi connectivity index (χ1) is 14.2. The van der Waals surface area contributed by atoms with Gasteiger partial charge in [-0.25, -0.2) is 0 Å². The number of carbonyl (C=O) groups excluding carboxylic acids is 1. The van der Waals surface area contributed by atoms with Gasteiger partial charge in [0.2, 0.25) is 5.91 Å². The van der Waals surface area contributed by atoms with Gasteiger partial charge < -0.3 is 14.4 Å². The van der Waals surface area contributed by atoms with Gasteiger partial charge in [0.25, 0.3) is 0 Å². The Labute approximate surface area is 171 Å². The van der Waals surface area contributed by atoms with Crippen LogP contribution in [0.1, 0.15) is 26.2 Å². The quantitative estimate of drug-likeness (QED) is 0.634. The highest BCUT2D eigenvalue weighted by atomic mass is 16.5. The molecule has 0 radical (unpaired) electrons. The van der Waals surface area contributed by atoms with Crippen molar-refractivity contribution in [2.75, 3.05) is 20.2 Å². The molecular weight excluding hydrogens is 364 g/mol. The molecule has 0 unspecified atom stereocenters. The second-order valence-corrected chi connectivity index (χ2v) is 7.33. The van der Waals surface area contributed by atoms with Crippen LogP contribution in [0.4, 0.5) is 0 Å². The van der Waals surface area contributed by atoms with Crippen LogP contribution in [0.2, 0.25) is 0 Å². The molecule has 5 nitrogen and oxygen atoms in total. The van der Waals surface area contributed by atoms with Gasteiger partial charge in [-0.2, -0.15) is 0 Å². The summed E-state index contributed by atoms with van der Waals surface area (Å²) in [4.78, 5) is 18.3. The maximum Gasteiger partial charge on any atom is 0.222 e. The number of hydrogen-bond acceptors (Lipinski definition) is 4. The molecule has 29 heavy (non-hydrogen) atoms. The van der Waals surface area contributed by atoms with Gasteiger partial charge in [0.05, 0.1) is 12.6 Å². The molecule has 0 saturated carbocycles. The highest BCUT2D eigenvalue weighted by Crippen LogP contribution is 2.35. The van der Waals surface area contributed by atoms with Gasteiger partial charge in [-0.05, 0) is 24.3 Å². The van der Waals surface area contributed by atoms with Crippen LogP contribution in [0.3, 0.4) is 0 Å². The van der Waals surface area contributed by atoms with Gasteiger partial charge in [0, 0.05) is 61.1 Å². The van der Waals surface area contributed by atoms with Crippen molar-refractivity contribution in [3.05, 3.63) is 54.7 Å². The van der Waals surface area contributed by atoms with E-state index in [0.29, 0.717) is 6.42 Å². The molecular formula is C24H26N2O3. The fraction of sp³-hybridized carbons (Fsp3) is 0.333. The summed E-state index contributed by atoms with van der Waals surface area (Å²) >= 11 is 0. The maximum absolute atomic E-state index is 11.8. The number of aromatic nitrogens is 1. The molecule has 150 valence electrons. The van der Waals surface area contributed by atoms with Crippen LogP contribution in [0, 0.1) is 0 Å². The van der Waals surface area contributed by atoms with Crippen molar-refractivity contribution in [3.63, 3.8) is 0 Å². The third-order valence-corrected chi connectivity index (χ3v) is 5.47. The van der Waals surface area contributed by atoms with Gasteiger partial charge in [0.15, 0.2) is 0 Å². The molecule has 1 fully saturated rings. The minimum absolute atomic E-state index is 0.119. The zero-order valence-electron chi connectivity index (χ0n) is 16.9. The Morgan fingerprint density at radius 3 is 2.69 bits per heavy atom. The molecule has 1 aromatic heterocycles. The Bertz CT molecular complexity index is 1010. The third-order valence-electron chi connectivity index (χ3n) is 5.47. The molecule has 0 atom stereocenters. The summed E-state index contributed by atoms with van der Waals surface area (Å²) in [6.45, 7) is 3.43. The summed E-state index contributed by atoms with van der Waals surface area (Å²) < 4.78 is 11.8. The second-order valence-electron chi connectivity index (χ2n) is 7.33. The van der Waals surface area contributed by atoms with Crippen molar-refractivity contribution < 1.29 is 14.3 Å². The second kappa shape index (κ2) is 8.52. The van der Waals surface area contributed by atoms with Crippen molar-refractivity contribution in [2.45, 2.75) is 32.3 Å². The number of nitrogens with zero attached hydrogens (tertiary/aromatic N) is 2. The lowest BCUT2D eigenvalue weighted by Gasteiger charge is -2.32. The first-order valence-electron chi connectivity index (χ1n) is 10.2. The molecule has 4 rings (SSSR count). The fourth-order valence-electron chi connectivity index (χ4n) is 3.84. The molecule has 3 aromatic rings. The number of amides is 1. The van der Waals surface area contributed by atoms with Crippen molar-refractivity contribution in [1.82, 2.24) is 9.88 Å². The number of ether oxygens (including phenoxy) is 2. The first kappa shape index (κ1) is 19.2. The molecule has 0 N–H and O–H groups in total. The Kier molecular flexibility index (Phi) is 5.65. The predicted molar refractivity (Wildman–Crippen MR) is 114 cm³/mol. The molecule has 1 amide bonds. The molecule has 1 aliphatic heterocycles. The topological polar surface area (TPSA) is 51.7 Å². The van der Waals surface area contributed by atoms with Crippen LogP contribution < -0.4 is 9.47 Å². The number of para-hydroxylation sites is 1. The smallest absolute Gasteiger partial charge is 0.222 e. The number of pyridine rings is 1. The van der Waals surface area contributed by atoms with E-state index in [0.717, 1.165) is 59.5 Å². The Morgan fingerprint density at radius 1 is 1.14 bits per heavy atom. The van der Waals surface area contributed by atoms with E-state index in [9.17, 15) is 4.79 Å². The van der Waals surface area contributed by atoms with Crippen LogP contribution in [-0.4, -0.2) is 42.1 Å². The largest absolute Gasteiger partial charge is 0.496 e. The monoisotopic (exact) mass is 390 g/mol. The number of likely N-dealkylation sites (tertiary alicyclic amines) is 1. The summed E-state index contributed by atoms with van der Waals surface area (Å²) in [5.74, 6) is 1.77. The molecule has 0 aliphatic carbocycles. The summed E-state index contributed by atoms with van der Waals surface area (Å²) in [6, 6.07) is 16.1. The number of rotatable bonds is 5. The summed E-state index contributed by atoms with van der Waals surface area (Å²) in [5, 5.41) is 1.10. The number of benzene rings is 2. The number of hydrogen-bond donors (Lipinski definition) is 0. The highest BCUT2D eigenvalue weighted by molar-refractivity contribution is 5.84. The zero-order valence-corrected chi connectivity index (χ0v) is 16.9. The van der Waals surface area contributed by atoms with Gasteiger partial charge in [-0.15, -0.1) is 0 Å². The average molecular weight is 390 g/mol. The predicted octanol–water partition coefficient (Wildman–Crippen LogP) is 4.69. The molecule has 2 aromatic carbocycles. The van der Waals surface area contributed by atoms with E-state index < -0.39 is 0 Å². The van der Waals surface area contributed by atoms with Gasteiger partial charge in [-0.3, -0.25) is 9.78 Å². The molecule has 1 saturated heterocycles. The van der Waals surface area contributed by atoms with E-state index in [-0.39, 0.29) is 12.0 Å². The lowest BCUT2D eigenvalue weighted by molar-refractivity contribution is -0.132. The molecule has 0 spiro atoms. The van der Waals surface area contributed by atoms with Crippen LogP contribution >= 0.6 is 0 Å². The van der Waals surface area contributed by atoms with Gasteiger partial charge >= 0.3 is 0 Å². The van der Waals surface area contributed by atoms with Crippen molar-refractivity contribution in [2.24, 2.45) is 0 Å². The van der Waals surface area contributed by atoms with E-state index in [1.165, 1.54) is 0 Å². The van der Waals surface area contributed by atoms with E-state index in [1.54, 1.807) is 7.11 Å². The zero-order chi connectivity index (χ0) is 20.2. The van der Waals surface area contributed by atoms with Crippen molar-refractivity contribution in [1.29, 1.82) is 0 Å². The maximum atomic E-state index is 11.8. The summed E-state index contributed by atoms with van der Waals surface area (Å²) in [6.07, 6.45) is 4.26. The Morgan fingerprint density at radius 2 is 1.93 bits per heavy atom. The molecule has 0 bridgehead atoms. The normalized spacial score (nSPS) is 14.8. The standard InChI is InChI=1S/C24H26N2O3/c1-3-24(27)26-12-10-19(11-13-26)29-20-8-9-21(23(15-20)28-2)18-14-17-6-4-5-7-22(17)25-16-18/h4-9,14-16,19H,3,10-13H2,1-2H3. The molecule has 1 aliphatic rings. The number of fused-ring (bicyclic) bond motifs is 1. The lowest BCUT2D eigenvalue weighted by atomic mass is 10.0. The van der Waals surface area contributed by atoms with E-state index in [4.69, 9.17) is 9.47 Å². The number of methoxy groups -OCH3 is 1. The SMILES string of the molecule is CCC(=O)N1CCC(Oc2ccc(-c3cnc4ccccc4c3)c(OC)c2)CC1. The first-order valence-corrected chi connectivity index (χ1v) is 10.2. The Balaban J connectivity index is 1.50. The van der Waals surface area contributed by atoms with Crippen molar-refractivity contribution in [3.8, 4) is 22.6 Å². The van der Waals surface area contributed by atoms with Crippen LogP contribution in [-0.2, 0) is 4.79 Å². The van der Waals surface area contributed by atoms with Crippen LogP contribution in [0.5, 0.6) is 11.5 Å². The Hall–Kier alpha value is -3.08. The van der Waals surface area contributed by atoms with Crippen molar-refractivity contribution >= 4 is 16.8 Å². The minimum Gasteiger partial charge on any atom is -0.496 e. The fourth-order valence-corrected chi connectivity index (χ4v) is 3.84. The summed E-state index contributed by atoms with van der Waals surface area (Å²) in [5.41, 5.74) is 2.98. The van der Waals surface area contributed by atoms with Gasteiger partial charge in [-0.1, -0.05) is 25.1 Å². The molecule has 2 heterocycles. The van der Waals surface area contributed by atoms with E-state index in [2.05, 4.69) is 17.1 Å². The average Bonchev–Trinajstić information content (AvgIpc) is 2.78. The van der Waals surface area contributed by atoms with Crippen LogP contribution in [0.15, 0.2) is 54.7 Å². The number of piperidine rings is 1. The van der Waals surface area contributed by atoms with E-state index >= 15 is 0 Å². The highest BCUT2D eigenvalue weighted by Gasteiger charge is 2.23. The number of carbonyl (C=O) groups is 1. The minimum atomic E-state index is 0.119.